The molecule has 2 aromatic heterocycles. The summed E-state index contributed by atoms with van der Waals surface area (Å²) in [6.45, 7) is 8.69. The maximum Gasteiger partial charge on any atom is 0.337 e. The van der Waals surface area contributed by atoms with Gasteiger partial charge in [-0.2, -0.15) is 4.98 Å². The van der Waals surface area contributed by atoms with Gasteiger partial charge in [-0.05, 0) is 35.4 Å². The molecule has 2 aliphatic rings. The summed E-state index contributed by atoms with van der Waals surface area (Å²) >= 11 is 6.92. The van der Waals surface area contributed by atoms with Crippen LogP contribution < -0.4 is 4.74 Å². The number of carbonyl (C=O) groups excluding carboxylic acids is 1. The number of esters is 1. The Hall–Kier alpha value is -4.10. The van der Waals surface area contributed by atoms with Crippen LogP contribution in [-0.2, 0) is 30.4 Å². The fourth-order valence-electron chi connectivity index (χ4n) is 6.21. The molecule has 1 unspecified atom stereocenters. The number of methoxy groups -OCH3 is 1. The van der Waals surface area contributed by atoms with E-state index in [-0.39, 0.29) is 31.0 Å². The van der Waals surface area contributed by atoms with E-state index in [4.69, 9.17) is 50.0 Å². The van der Waals surface area contributed by atoms with Gasteiger partial charge in [0.1, 0.15) is 18.9 Å². The monoisotopic (exact) mass is 727 g/mol. The van der Waals surface area contributed by atoms with Crippen LogP contribution in [-0.4, -0.2) is 73.8 Å². The van der Waals surface area contributed by atoms with Crippen molar-refractivity contribution < 1.29 is 33.2 Å². The molecule has 7 rings (SSSR count). The predicted molar refractivity (Wildman–Crippen MR) is 198 cm³/mol. The Kier molecular flexibility index (Phi) is 10.6. The second kappa shape index (κ2) is 15.2. The Morgan fingerprint density at radius 3 is 2.31 bits per heavy atom. The lowest BCUT2D eigenvalue weighted by Gasteiger charge is -2.41. The molecule has 10 nitrogen and oxygen atoms in total. The van der Waals surface area contributed by atoms with Crippen molar-refractivity contribution in [2.75, 3.05) is 26.9 Å². The molecule has 0 N–H and O–H groups in total. The highest BCUT2D eigenvalue weighted by molar-refractivity contribution is 6.76. The molecule has 5 aromatic rings. The van der Waals surface area contributed by atoms with Crippen LogP contribution in [0.1, 0.15) is 28.6 Å². The second-order valence-electron chi connectivity index (χ2n) is 14.1. The van der Waals surface area contributed by atoms with Crippen LogP contribution in [0.25, 0.3) is 33.5 Å². The third-order valence-corrected chi connectivity index (χ3v) is 11.1. The van der Waals surface area contributed by atoms with Crippen molar-refractivity contribution in [3.8, 4) is 28.4 Å². The van der Waals surface area contributed by atoms with Gasteiger partial charge in [0.25, 0.3) is 0 Å². The summed E-state index contributed by atoms with van der Waals surface area (Å²) in [5.41, 5.74) is 6.10. The molecule has 2 saturated heterocycles. The Bertz CT molecular complexity index is 1970. The largest absolute Gasteiger partial charge is 0.465 e. The van der Waals surface area contributed by atoms with Crippen molar-refractivity contribution in [3.05, 3.63) is 101 Å². The number of imidazole rings is 1. The highest BCUT2D eigenvalue weighted by atomic mass is 35.5. The normalized spacial score (nSPS) is 20.6. The predicted octanol–water partition coefficient (Wildman–Crippen LogP) is 8.17. The third-order valence-electron chi connectivity index (χ3n) is 9.13. The number of aromatic nitrogens is 3. The van der Waals surface area contributed by atoms with Crippen LogP contribution in [0.5, 0.6) is 6.01 Å². The van der Waals surface area contributed by atoms with Gasteiger partial charge in [0.05, 0.1) is 48.2 Å². The van der Waals surface area contributed by atoms with Gasteiger partial charge >= 0.3 is 12.0 Å². The Balaban J connectivity index is 1.12. The SMILES string of the molecule is COC(=O)c1ccc(-c2ccc(-c3nc4nc(O[C@H]5CO[C@@H]6COC(c7ccccc7)O[C@H]6C5)n(COCC[Si](C)(C)C)c4cc3Cl)cc2)cc1. The third kappa shape index (κ3) is 8.19. The molecule has 0 bridgehead atoms. The van der Waals surface area contributed by atoms with Crippen LogP contribution in [0.15, 0.2) is 84.9 Å². The Morgan fingerprint density at radius 2 is 1.61 bits per heavy atom. The number of benzene rings is 3. The molecule has 266 valence electrons. The van der Waals surface area contributed by atoms with E-state index in [1.54, 1.807) is 12.1 Å². The lowest BCUT2D eigenvalue weighted by molar-refractivity contribution is -0.286. The van der Waals surface area contributed by atoms with Crippen LogP contribution in [0.2, 0.25) is 30.7 Å². The van der Waals surface area contributed by atoms with Gasteiger partial charge in [-0.25, -0.2) is 9.78 Å². The molecule has 0 spiro atoms. The van der Waals surface area contributed by atoms with E-state index < -0.39 is 14.4 Å². The molecular weight excluding hydrogens is 686 g/mol. The number of hydrogen-bond acceptors (Lipinski definition) is 9. The highest BCUT2D eigenvalue weighted by Crippen LogP contribution is 2.35. The van der Waals surface area contributed by atoms with Gasteiger partial charge in [-0.15, -0.1) is 0 Å². The minimum absolute atomic E-state index is 0.165. The van der Waals surface area contributed by atoms with Gasteiger partial charge in [-0.3, -0.25) is 4.57 Å². The highest BCUT2D eigenvalue weighted by Gasteiger charge is 2.40. The van der Waals surface area contributed by atoms with Crippen molar-refractivity contribution in [2.45, 2.75) is 63.4 Å². The number of fused-ring (bicyclic) bond motifs is 2. The van der Waals surface area contributed by atoms with Gasteiger partial charge < -0.3 is 28.4 Å². The lowest BCUT2D eigenvalue weighted by atomic mass is 10.0. The maximum absolute atomic E-state index is 11.8. The smallest absolute Gasteiger partial charge is 0.337 e. The fraction of sp³-hybridized carbons (Fsp3) is 0.359. The molecule has 0 radical (unpaired) electrons. The zero-order valence-electron chi connectivity index (χ0n) is 29.2. The van der Waals surface area contributed by atoms with Gasteiger partial charge in [0, 0.05) is 32.2 Å². The quantitative estimate of drug-likeness (QED) is 0.0757. The molecule has 0 aliphatic carbocycles. The number of carbonyl (C=O) groups is 1. The van der Waals surface area contributed by atoms with Crippen LogP contribution in [0.4, 0.5) is 0 Å². The summed E-state index contributed by atoms with van der Waals surface area (Å²) < 4.78 is 38.0. The second-order valence-corrected chi connectivity index (χ2v) is 20.1. The number of ether oxygens (including phenoxy) is 6. The first-order chi connectivity index (χ1) is 24.6. The van der Waals surface area contributed by atoms with E-state index in [0.717, 1.165) is 33.8 Å². The zero-order valence-corrected chi connectivity index (χ0v) is 31.0. The number of pyridine rings is 1. The summed E-state index contributed by atoms with van der Waals surface area (Å²) in [7, 11) is 0.0803. The van der Waals surface area contributed by atoms with Crippen molar-refractivity contribution >= 4 is 36.8 Å². The van der Waals surface area contributed by atoms with Crippen molar-refractivity contribution in [1.29, 1.82) is 0 Å². The van der Waals surface area contributed by atoms with Crippen LogP contribution >= 0.6 is 11.6 Å². The van der Waals surface area contributed by atoms with Crippen LogP contribution in [0.3, 0.4) is 0 Å². The number of hydrogen-bond donors (Lipinski definition) is 0. The first kappa shape index (κ1) is 35.3. The Morgan fingerprint density at radius 1 is 0.902 bits per heavy atom. The van der Waals surface area contributed by atoms with Gasteiger partial charge in [0.15, 0.2) is 11.9 Å². The summed E-state index contributed by atoms with van der Waals surface area (Å²) in [6.07, 6.45) is -0.495. The van der Waals surface area contributed by atoms with Crippen molar-refractivity contribution in [3.63, 3.8) is 0 Å². The van der Waals surface area contributed by atoms with E-state index in [1.165, 1.54) is 7.11 Å². The van der Waals surface area contributed by atoms with E-state index >= 15 is 0 Å². The molecule has 51 heavy (non-hydrogen) atoms. The molecule has 12 heteroatoms. The number of halogens is 1. The lowest BCUT2D eigenvalue weighted by Crippen LogP contribution is -2.50. The molecule has 3 aromatic carbocycles. The topological polar surface area (TPSA) is 103 Å². The number of rotatable bonds is 11. The maximum atomic E-state index is 11.8. The molecule has 4 heterocycles. The Labute approximate surface area is 303 Å². The minimum Gasteiger partial charge on any atom is -0.465 e. The molecule has 0 saturated carbocycles. The van der Waals surface area contributed by atoms with Crippen molar-refractivity contribution in [1.82, 2.24) is 14.5 Å². The molecule has 4 atom stereocenters. The zero-order chi connectivity index (χ0) is 35.5. The van der Waals surface area contributed by atoms with Gasteiger partial charge in [0.2, 0.25) is 0 Å². The van der Waals surface area contributed by atoms with E-state index in [9.17, 15) is 4.79 Å². The van der Waals surface area contributed by atoms with E-state index in [0.29, 0.717) is 54.2 Å². The van der Waals surface area contributed by atoms with Crippen molar-refractivity contribution in [2.24, 2.45) is 0 Å². The molecule has 0 amide bonds. The standard InChI is InChI=1S/C39H42ClN3O7Si/c1-45-37(44)28-16-12-26(13-17-28)25-10-14-27(15-11-25)35-31(40)21-32-36(41-35)42-39(43(32)24-46-18-19-51(2,3)4)49-30-20-33-34(47-22-30)23-48-38(50-33)29-8-6-5-7-9-29/h5-17,21,30,33-34,38H,18-20,22-24H2,1-4H3/t30-,33+,34-,38?/m1/s1. The van der Waals surface area contributed by atoms with E-state index in [2.05, 4.69) is 19.6 Å². The summed E-state index contributed by atoms with van der Waals surface area (Å²) in [4.78, 5) is 21.6. The van der Waals surface area contributed by atoms with Crippen LogP contribution in [0, 0.1) is 0 Å². The number of nitrogens with zero attached hydrogens (tertiary/aromatic N) is 3. The van der Waals surface area contributed by atoms with E-state index in [1.807, 2.05) is 77.4 Å². The fourth-order valence-corrected chi connectivity index (χ4v) is 7.22. The molecule has 2 fully saturated rings. The summed E-state index contributed by atoms with van der Waals surface area (Å²) in [5, 5.41) is 0.485. The molecule has 2 aliphatic heterocycles. The molecular formula is C39H42ClN3O7Si. The average Bonchev–Trinajstić information content (AvgIpc) is 3.47. The first-order valence-electron chi connectivity index (χ1n) is 17.2. The summed E-state index contributed by atoms with van der Waals surface area (Å²) in [5.74, 6) is -0.367. The summed E-state index contributed by atoms with van der Waals surface area (Å²) in [6, 6.07) is 28.5. The minimum atomic E-state index is -1.29. The average molecular weight is 728 g/mol. The first-order valence-corrected chi connectivity index (χ1v) is 21.3. The van der Waals surface area contributed by atoms with Gasteiger partial charge in [-0.1, -0.05) is 98.0 Å².